The lowest BCUT2D eigenvalue weighted by atomic mass is 10.2. The van der Waals surface area contributed by atoms with E-state index in [9.17, 15) is 17.6 Å². The smallest absolute Gasteiger partial charge is 0.330 e. The Morgan fingerprint density at radius 2 is 2.21 bits per heavy atom. The molecule has 1 aliphatic rings. The molecule has 82 valence electrons. The fraction of sp³-hybridized carbons (Fsp3) is 0.750. The van der Waals surface area contributed by atoms with Crippen molar-refractivity contribution in [2.24, 2.45) is 0 Å². The summed E-state index contributed by atoms with van der Waals surface area (Å²) in [6, 6.07) is 0. The van der Waals surface area contributed by atoms with E-state index in [1.165, 1.54) is 6.26 Å². The van der Waals surface area contributed by atoms with Gasteiger partial charge in [-0.15, -0.1) is 0 Å². The van der Waals surface area contributed by atoms with Gasteiger partial charge in [0.1, 0.15) is 6.61 Å². The van der Waals surface area contributed by atoms with Gasteiger partial charge in [-0.25, -0.2) is 8.78 Å². The molecule has 0 fully saturated rings. The molecule has 0 aliphatic carbocycles. The standard InChI is InChI=1S/C8H10F4O2/c9-7(10)8(11,12)5-14-6-3-1-2-4-13-6/h2,4,6-7H,1,3,5H2. The van der Waals surface area contributed by atoms with Crippen LogP contribution in [0.5, 0.6) is 0 Å². The number of hydrogen-bond donors (Lipinski definition) is 0. The third-order valence-electron chi connectivity index (χ3n) is 1.68. The van der Waals surface area contributed by atoms with Crippen molar-refractivity contribution in [3.63, 3.8) is 0 Å². The Labute approximate surface area is 78.5 Å². The Balaban J connectivity index is 2.29. The number of ether oxygens (including phenoxy) is 2. The molecule has 14 heavy (non-hydrogen) atoms. The first-order chi connectivity index (χ1) is 6.52. The number of hydrogen-bond acceptors (Lipinski definition) is 2. The predicted molar refractivity (Wildman–Crippen MR) is 40.2 cm³/mol. The highest BCUT2D eigenvalue weighted by Gasteiger charge is 2.41. The fourth-order valence-electron chi connectivity index (χ4n) is 0.901. The van der Waals surface area contributed by atoms with Gasteiger partial charge in [0.25, 0.3) is 0 Å². The molecule has 0 saturated heterocycles. The first kappa shape index (κ1) is 11.3. The Morgan fingerprint density at radius 1 is 1.50 bits per heavy atom. The van der Waals surface area contributed by atoms with Crippen molar-refractivity contribution in [2.75, 3.05) is 6.61 Å². The largest absolute Gasteiger partial charge is 0.473 e. The minimum Gasteiger partial charge on any atom is -0.473 e. The third-order valence-corrected chi connectivity index (χ3v) is 1.68. The summed E-state index contributed by atoms with van der Waals surface area (Å²) in [4.78, 5) is 0. The van der Waals surface area contributed by atoms with Crippen molar-refractivity contribution in [2.45, 2.75) is 31.5 Å². The molecule has 0 aromatic heterocycles. The van der Waals surface area contributed by atoms with Crippen LogP contribution in [0.15, 0.2) is 12.3 Å². The maximum absolute atomic E-state index is 12.4. The van der Waals surface area contributed by atoms with E-state index in [2.05, 4.69) is 4.74 Å². The van der Waals surface area contributed by atoms with Gasteiger partial charge in [-0.1, -0.05) is 0 Å². The lowest BCUT2D eigenvalue weighted by molar-refractivity contribution is -0.210. The van der Waals surface area contributed by atoms with Gasteiger partial charge in [-0.05, 0) is 12.5 Å². The van der Waals surface area contributed by atoms with Crippen LogP contribution in [0.2, 0.25) is 0 Å². The van der Waals surface area contributed by atoms with Crippen LogP contribution in [0.4, 0.5) is 17.6 Å². The first-order valence-electron chi connectivity index (χ1n) is 4.10. The minimum absolute atomic E-state index is 0.399. The molecule has 1 heterocycles. The normalized spacial score (nSPS) is 22.5. The van der Waals surface area contributed by atoms with Crippen molar-refractivity contribution in [1.29, 1.82) is 0 Å². The molecule has 0 amide bonds. The van der Waals surface area contributed by atoms with E-state index in [-0.39, 0.29) is 0 Å². The highest BCUT2D eigenvalue weighted by molar-refractivity contribution is 4.79. The summed E-state index contributed by atoms with van der Waals surface area (Å²) in [7, 11) is 0. The minimum atomic E-state index is -4.11. The Hall–Kier alpha value is -0.780. The molecule has 0 spiro atoms. The molecule has 0 bridgehead atoms. The number of halogens is 4. The lowest BCUT2D eigenvalue weighted by Gasteiger charge is -2.22. The van der Waals surface area contributed by atoms with E-state index in [1.807, 2.05) is 0 Å². The van der Waals surface area contributed by atoms with Crippen molar-refractivity contribution in [3.8, 4) is 0 Å². The van der Waals surface area contributed by atoms with Crippen molar-refractivity contribution < 1.29 is 27.0 Å². The van der Waals surface area contributed by atoms with Crippen molar-refractivity contribution >= 4 is 0 Å². The third kappa shape index (κ3) is 3.17. The maximum atomic E-state index is 12.4. The van der Waals surface area contributed by atoms with Crippen LogP contribution in [-0.4, -0.2) is 25.2 Å². The van der Waals surface area contributed by atoms with E-state index in [0.29, 0.717) is 12.8 Å². The fourth-order valence-corrected chi connectivity index (χ4v) is 0.901. The zero-order valence-electron chi connectivity index (χ0n) is 7.26. The van der Waals surface area contributed by atoms with E-state index in [1.54, 1.807) is 6.08 Å². The van der Waals surface area contributed by atoms with Crippen molar-refractivity contribution in [3.05, 3.63) is 12.3 Å². The molecule has 1 rings (SSSR count). The highest BCUT2D eigenvalue weighted by atomic mass is 19.3. The van der Waals surface area contributed by atoms with Crippen LogP contribution in [0, 0.1) is 0 Å². The maximum Gasteiger partial charge on any atom is 0.330 e. The van der Waals surface area contributed by atoms with E-state index >= 15 is 0 Å². The molecule has 2 nitrogen and oxygen atoms in total. The van der Waals surface area contributed by atoms with Crippen LogP contribution >= 0.6 is 0 Å². The molecule has 0 radical (unpaired) electrons. The number of alkyl halides is 4. The molecular formula is C8H10F4O2. The zero-order chi connectivity index (χ0) is 10.6. The quantitative estimate of drug-likeness (QED) is 0.669. The van der Waals surface area contributed by atoms with Gasteiger partial charge in [0, 0.05) is 6.42 Å². The molecular weight excluding hydrogens is 204 g/mol. The van der Waals surface area contributed by atoms with Gasteiger partial charge in [-0.3, -0.25) is 0 Å². The molecule has 0 aromatic carbocycles. The van der Waals surface area contributed by atoms with E-state index < -0.39 is 25.2 Å². The molecule has 1 unspecified atom stereocenters. The van der Waals surface area contributed by atoms with Gasteiger partial charge < -0.3 is 9.47 Å². The summed E-state index contributed by atoms with van der Waals surface area (Å²) < 4.78 is 57.3. The average molecular weight is 214 g/mol. The zero-order valence-corrected chi connectivity index (χ0v) is 7.26. The Kier molecular flexibility index (Phi) is 3.74. The second kappa shape index (κ2) is 4.63. The average Bonchev–Trinajstić information content (AvgIpc) is 2.16. The number of allylic oxidation sites excluding steroid dienone is 1. The van der Waals surface area contributed by atoms with Crippen LogP contribution in [-0.2, 0) is 9.47 Å². The summed E-state index contributed by atoms with van der Waals surface area (Å²) in [5, 5.41) is 0. The molecule has 1 atom stereocenters. The first-order valence-corrected chi connectivity index (χ1v) is 4.10. The van der Waals surface area contributed by atoms with Crippen LogP contribution in [0.3, 0.4) is 0 Å². The molecule has 0 saturated carbocycles. The van der Waals surface area contributed by atoms with Gasteiger partial charge >= 0.3 is 12.3 Å². The SMILES string of the molecule is FC(F)C(F)(F)COC1CCC=CO1. The summed E-state index contributed by atoms with van der Waals surface area (Å²) >= 11 is 0. The Morgan fingerprint density at radius 3 is 2.71 bits per heavy atom. The van der Waals surface area contributed by atoms with Crippen LogP contribution in [0.1, 0.15) is 12.8 Å². The summed E-state index contributed by atoms with van der Waals surface area (Å²) in [5.41, 5.74) is 0. The van der Waals surface area contributed by atoms with Gasteiger partial charge in [0.2, 0.25) is 0 Å². The van der Waals surface area contributed by atoms with Gasteiger partial charge in [0.05, 0.1) is 6.26 Å². The molecule has 1 aliphatic heterocycles. The van der Waals surface area contributed by atoms with E-state index in [4.69, 9.17) is 4.74 Å². The lowest BCUT2D eigenvalue weighted by Crippen LogP contribution is -2.35. The number of rotatable bonds is 4. The monoisotopic (exact) mass is 214 g/mol. The summed E-state index contributed by atoms with van der Waals surface area (Å²) in [5.74, 6) is -4.11. The topological polar surface area (TPSA) is 18.5 Å². The van der Waals surface area contributed by atoms with Crippen LogP contribution in [0.25, 0.3) is 0 Å². The summed E-state index contributed by atoms with van der Waals surface area (Å²) in [6.45, 7) is -1.32. The van der Waals surface area contributed by atoms with Gasteiger partial charge in [0.15, 0.2) is 6.29 Å². The van der Waals surface area contributed by atoms with E-state index in [0.717, 1.165) is 0 Å². The van der Waals surface area contributed by atoms with Gasteiger partial charge in [-0.2, -0.15) is 8.78 Å². The predicted octanol–water partition coefficient (Wildman–Crippen LogP) is 2.55. The summed E-state index contributed by atoms with van der Waals surface area (Å²) in [6.07, 6.45) is -0.508. The Bertz CT molecular complexity index is 206. The van der Waals surface area contributed by atoms with Crippen molar-refractivity contribution in [1.82, 2.24) is 0 Å². The second-order valence-electron chi connectivity index (χ2n) is 2.89. The molecule has 6 heteroatoms. The second-order valence-corrected chi connectivity index (χ2v) is 2.89. The molecule has 0 N–H and O–H groups in total. The van der Waals surface area contributed by atoms with Crippen LogP contribution < -0.4 is 0 Å². The highest BCUT2D eigenvalue weighted by Crippen LogP contribution is 2.24. The molecule has 0 aromatic rings.